The van der Waals surface area contributed by atoms with E-state index in [0.717, 1.165) is 95.8 Å². The largest absolute Gasteiger partial charge is 0.472 e. The molecule has 0 aliphatic heterocycles. The first-order valence-corrected chi connectivity index (χ1v) is 39.7. The van der Waals surface area contributed by atoms with Gasteiger partial charge >= 0.3 is 39.5 Å². The average Bonchev–Trinajstić information content (AvgIpc) is 3.68. The normalized spacial score (nSPS) is 14.4. The first kappa shape index (κ1) is 87.1. The second-order valence-electron chi connectivity index (χ2n) is 25.5. The predicted molar refractivity (Wildman–Crippen MR) is 358 cm³/mol. The maximum absolute atomic E-state index is 13.0. The highest BCUT2D eigenvalue weighted by Gasteiger charge is 2.30. The maximum Gasteiger partial charge on any atom is 0.472 e. The molecule has 0 bridgehead atoms. The number of carbonyl (C=O) groups is 4. The zero-order valence-corrected chi connectivity index (χ0v) is 59.4. The second kappa shape index (κ2) is 63.5. The SMILES string of the molecule is CCCCCCCCCCCCCC(=O)OC[C@H](COP(=O)(O)OC[C@@H](O)COP(=O)(O)OC[C@@H](COC(=O)CCCCCCCCCCCC)OC(=O)CCCCCCCCCCCC)OC(=O)CCCCCCCCCCCCCCCCC(C)CC. The van der Waals surface area contributed by atoms with Crippen LogP contribution in [-0.2, 0) is 65.4 Å². The van der Waals surface area contributed by atoms with Crippen molar-refractivity contribution in [2.24, 2.45) is 5.92 Å². The number of aliphatic hydroxyl groups is 1. The average molecular weight is 1310 g/mol. The zero-order valence-electron chi connectivity index (χ0n) is 57.6. The summed E-state index contributed by atoms with van der Waals surface area (Å²) < 4.78 is 68.2. The molecule has 0 aromatic carbocycles. The lowest BCUT2D eigenvalue weighted by Crippen LogP contribution is -2.30. The van der Waals surface area contributed by atoms with Gasteiger partial charge in [0.25, 0.3) is 0 Å². The van der Waals surface area contributed by atoms with E-state index in [1.807, 2.05) is 0 Å². The Bertz CT molecular complexity index is 1720. The minimum absolute atomic E-state index is 0.107. The van der Waals surface area contributed by atoms with Crippen LogP contribution in [0.25, 0.3) is 0 Å². The highest BCUT2D eigenvalue weighted by molar-refractivity contribution is 7.47. The molecule has 0 radical (unpaired) electrons. The number of ether oxygens (including phenoxy) is 4. The first-order valence-electron chi connectivity index (χ1n) is 36.7. The molecular formula is C70H136O17P2. The Morgan fingerprint density at radius 3 is 0.798 bits per heavy atom. The number of aliphatic hydroxyl groups excluding tert-OH is 1. The summed E-state index contributed by atoms with van der Waals surface area (Å²) in [6, 6.07) is 0. The Morgan fingerprint density at radius 2 is 0.539 bits per heavy atom. The van der Waals surface area contributed by atoms with E-state index >= 15 is 0 Å². The number of rotatable bonds is 70. The topological polar surface area (TPSA) is 237 Å². The van der Waals surface area contributed by atoms with Crippen molar-refractivity contribution in [1.82, 2.24) is 0 Å². The summed E-state index contributed by atoms with van der Waals surface area (Å²) in [6.07, 6.45) is 49.8. The highest BCUT2D eigenvalue weighted by Crippen LogP contribution is 2.45. The van der Waals surface area contributed by atoms with E-state index in [0.29, 0.717) is 25.7 Å². The molecule has 0 aromatic rings. The first-order chi connectivity index (χ1) is 43.1. The van der Waals surface area contributed by atoms with Crippen LogP contribution in [0.15, 0.2) is 0 Å². The van der Waals surface area contributed by atoms with Crippen LogP contribution in [0.4, 0.5) is 0 Å². The second-order valence-corrected chi connectivity index (χ2v) is 28.4. The molecule has 0 saturated heterocycles. The lowest BCUT2D eigenvalue weighted by Gasteiger charge is -2.21. The standard InChI is InChI=1S/C70H136O17P2/c1-6-10-13-16-19-22-29-35-39-44-49-54-68(73)81-60-66(87-70(75)56-51-46-41-36-31-28-26-25-27-30-32-37-42-47-52-63(5)9-4)62-85-89(78,79)83-58-64(71)57-82-88(76,77)84-61-65(86-69(74)55-50-45-40-34-24-21-18-15-12-8-3)59-80-67(72)53-48-43-38-33-23-20-17-14-11-7-2/h63-66,71H,6-62H2,1-5H3,(H,76,77)(H,78,79)/t63?,64-,65+,66+/m0/s1. The summed E-state index contributed by atoms with van der Waals surface area (Å²) in [5, 5.41) is 10.6. The molecule has 3 N–H and O–H groups in total. The van der Waals surface area contributed by atoms with Gasteiger partial charge in [-0.25, -0.2) is 9.13 Å². The molecule has 0 amide bonds. The Balaban J connectivity index is 5.20. The molecule has 3 unspecified atom stereocenters. The smallest absolute Gasteiger partial charge is 0.462 e. The van der Waals surface area contributed by atoms with Crippen molar-refractivity contribution in [3.63, 3.8) is 0 Å². The molecule has 0 aromatic heterocycles. The summed E-state index contributed by atoms with van der Waals surface area (Å²) in [4.78, 5) is 72.5. The van der Waals surface area contributed by atoms with Crippen LogP contribution in [0, 0.1) is 5.92 Å². The summed E-state index contributed by atoms with van der Waals surface area (Å²) in [5.74, 6) is -1.28. The van der Waals surface area contributed by atoms with Gasteiger partial charge in [0.05, 0.1) is 26.4 Å². The number of unbranched alkanes of at least 4 members (excludes halogenated alkanes) is 41. The van der Waals surface area contributed by atoms with Crippen molar-refractivity contribution >= 4 is 39.5 Å². The van der Waals surface area contributed by atoms with Crippen molar-refractivity contribution < 1.29 is 80.2 Å². The molecule has 528 valence electrons. The van der Waals surface area contributed by atoms with Gasteiger partial charge in [0.15, 0.2) is 12.2 Å². The van der Waals surface area contributed by atoms with Gasteiger partial charge in [0.2, 0.25) is 0 Å². The van der Waals surface area contributed by atoms with Gasteiger partial charge in [-0.2, -0.15) is 0 Å². The highest BCUT2D eigenvalue weighted by atomic mass is 31.2. The minimum Gasteiger partial charge on any atom is -0.462 e. The van der Waals surface area contributed by atoms with Gasteiger partial charge in [-0.3, -0.25) is 37.3 Å². The van der Waals surface area contributed by atoms with E-state index in [1.165, 1.54) is 186 Å². The summed E-state index contributed by atoms with van der Waals surface area (Å²) >= 11 is 0. The van der Waals surface area contributed by atoms with Crippen LogP contribution < -0.4 is 0 Å². The van der Waals surface area contributed by atoms with E-state index in [-0.39, 0.29) is 25.7 Å². The van der Waals surface area contributed by atoms with E-state index in [4.69, 9.17) is 37.0 Å². The quantitative estimate of drug-likeness (QED) is 0.0222. The van der Waals surface area contributed by atoms with Crippen LogP contribution >= 0.6 is 15.6 Å². The molecule has 0 fully saturated rings. The van der Waals surface area contributed by atoms with Gasteiger partial charge in [0, 0.05) is 25.7 Å². The number of hydrogen-bond acceptors (Lipinski definition) is 15. The predicted octanol–water partition coefficient (Wildman–Crippen LogP) is 20.1. The van der Waals surface area contributed by atoms with Crippen LogP contribution in [0.3, 0.4) is 0 Å². The number of phosphoric ester groups is 2. The number of hydrogen-bond donors (Lipinski definition) is 3. The van der Waals surface area contributed by atoms with Gasteiger partial charge in [-0.05, 0) is 31.6 Å². The Morgan fingerprint density at radius 1 is 0.315 bits per heavy atom. The summed E-state index contributed by atoms with van der Waals surface area (Å²) in [5.41, 5.74) is 0. The Labute approximate surface area is 543 Å². The van der Waals surface area contributed by atoms with Crippen LogP contribution in [0.5, 0.6) is 0 Å². The summed E-state index contributed by atoms with van der Waals surface area (Å²) in [7, 11) is -9.89. The van der Waals surface area contributed by atoms with Crippen molar-refractivity contribution in [3.05, 3.63) is 0 Å². The third-order valence-corrected chi connectivity index (χ3v) is 18.5. The van der Waals surface area contributed by atoms with E-state index in [2.05, 4.69) is 34.6 Å². The lowest BCUT2D eigenvalue weighted by atomic mass is 9.99. The monoisotopic (exact) mass is 1310 g/mol. The molecule has 0 aliphatic carbocycles. The number of esters is 4. The molecule has 17 nitrogen and oxygen atoms in total. The molecule has 0 aliphatic rings. The van der Waals surface area contributed by atoms with E-state index < -0.39 is 97.5 Å². The zero-order chi connectivity index (χ0) is 65.6. The van der Waals surface area contributed by atoms with Gasteiger partial charge in [-0.15, -0.1) is 0 Å². The Kier molecular flexibility index (Phi) is 62.1. The lowest BCUT2D eigenvalue weighted by molar-refractivity contribution is -0.161. The maximum atomic E-state index is 13.0. The molecule has 0 spiro atoms. The number of phosphoric acid groups is 2. The minimum atomic E-state index is -4.95. The van der Waals surface area contributed by atoms with Gasteiger partial charge < -0.3 is 33.8 Å². The molecule has 0 heterocycles. The van der Waals surface area contributed by atoms with E-state index in [1.54, 1.807) is 0 Å². The molecular weight excluding hydrogens is 1170 g/mol. The molecule has 0 saturated carbocycles. The third-order valence-electron chi connectivity index (χ3n) is 16.6. The fourth-order valence-electron chi connectivity index (χ4n) is 10.6. The van der Waals surface area contributed by atoms with E-state index in [9.17, 15) is 43.2 Å². The van der Waals surface area contributed by atoms with Gasteiger partial charge in [-0.1, -0.05) is 311 Å². The third kappa shape index (κ3) is 63.2. The van der Waals surface area contributed by atoms with Crippen molar-refractivity contribution in [1.29, 1.82) is 0 Å². The molecule has 6 atom stereocenters. The fourth-order valence-corrected chi connectivity index (χ4v) is 12.2. The number of carbonyl (C=O) groups excluding carboxylic acids is 4. The van der Waals surface area contributed by atoms with Crippen LogP contribution in [0.1, 0.15) is 362 Å². The van der Waals surface area contributed by atoms with Crippen LogP contribution in [-0.4, -0.2) is 96.7 Å². The fraction of sp³-hybridized carbons (Fsp3) is 0.943. The molecule has 89 heavy (non-hydrogen) atoms. The summed E-state index contributed by atoms with van der Waals surface area (Å²) in [6.45, 7) is 7.28. The molecule has 0 rings (SSSR count). The van der Waals surface area contributed by atoms with Crippen molar-refractivity contribution in [3.8, 4) is 0 Å². The van der Waals surface area contributed by atoms with Gasteiger partial charge in [0.1, 0.15) is 19.3 Å². The molecule has 19 heteroatoms. The van der Waals surface area contributed by atoms with Crippen molar-refractivity contribution in [2.75, 3.05) is 39.6 Å². The Hall–Kier alpha value is -1.94. The van der Waals surface area contributed by atoms with Crippen LogP contribution in [0.2, 0.25) is 0 Å². The van der Waals surface area contributed by atoms with Crippen molar-refractivity contribution in [2.45, 2.75) is 380 Å².